The zero-order chi connectivity index (χ0) is 12.1. The molecule has 1 aromatic carbocycles. The maximum absolute atomic E-state index is 10.8. The fraction of sp³-hybridized carbons (Fsp3) is 0.111. The van der Waals surface area contributed by atoms with Gasteiger partial charge < -0.3 is 21.4 Å². The third-order valence-corrected chi connectivity index (χ3v) is 4.49. The predicted molar refractivity (Wildman–Crippen MR) is 63.4 cm³/mol. The molecule has 6 nitrogen and oxygen atoms in total. The van der Waals surface area contributed by atoms with Crippen LogP contribution >= 0.6 is 0 Å². The Kier molecular flexibility index (Phi) is 3.89. The maximum atomic E-state index is 10.8. The lowest BCUT2D eigenvalue weighted by atomic mass is 10.2. The highest BCUT2D eigenvalue weighted by molar-refractivity contribution is 6.73. The number of nitrogens with one attached hydrogen (secondary N) is 2. The Morgan fingerprint density at radius 2 is 1.62 bits per heavy atom. The lowest BCUT2D eigenvalue weighted by Gasteiger charge is -2.17. The first-order chi connectivity index (χ1) is 7.50. The van der Waals surface area contributed by atoms with Crippen molar-refractivity contribution in [1.82, 2.24) is 9.96 Å². The van der Waals surface area contributed by atoms with Crippen LogP contribution in [-0.2, 0) is 0 Å². The highest BCUT2D eigenvalue weighted by Gasteiger charge is 2.19. The van der Waals surface area contributed by atoms with Gasteiger partial charge in [-0.25, -0.2) is 9.59 Å². The van der Waals surface area contributed by atoms with Crippen LogP contribution < -0.4 is 26.6 Å². The van der Waals surface area contributed by atoms with Gasteiger partial charge in [0.15, 0.2) is 0 Å². The number of carbonyl (C=O) groups excluding carboxylic acids is 2. The second-order valence-corrected chi connectivity index (χ2v) is 5.37. The van der Waals surface area contributed by atoms with Crippen LogP contribution in [-0.4, -0.2) is 21.2 Å². The molecule has 0 unspecified atom stereocenters. The minimum Gasteiger partial charge on any atom is -0.352 e. The predicted octanol–water partition coefficient (Wildman–Crippen LogP) is -1.24. The van der Waals surface area contributed by atoms with Crippen molar-refractivity contribution in [2.24, 2.45) is 11.5 Å². The average Bonchev–Trinajstić information content (AvgIpc) is 2.15. The molecule has 0 aliphatic carbocycles. The standard InChI is InChI=1S/C9H14N4O2Si/c1-6-4-2-3-5-7(6)16(12-8(10)14)13-9(11)15/h2-5,16H,1H3,(H3,10,12,14)(H3,11,13,15). The first-order valence-corrected chi connectivity index (χ1v) is 6.41. The Labute approximate surface area is 94.8 Å². The van der Waals surface area contributed by atoms with Gasteiger partial charge in [-0.1, -0.05) is 24.3 Å². The van der Waals surface area contributed by atoms with E-state index in [4.69, 9.17) is 11.5 Å². The minimum absolute atomic E-state index is 0.673. The maximum Gasteiger partial charge on any atom is 0.305 e. The number of hydrogen-bond donors (Lipinski definition) is 4. The van der Waals surface area contributed by atoms with Crippen molar-refractivity contribution in [3.05, 3.63) is 29.8 Å². The SMILES string of the molecule is Cc1ccccc1[SiH](NC(N)=O)NC(N)=O. The largest absolute Gasteiger partial charge is 0.352 e. The molecular formula is C9H14N4O2Si. The summed E-state index contributed by atoms with van der Waals surface area (Å²) in [7, 11) is -2.20. The molecule has 86 valence electrons. The van der Waals surface area contributed by atoms with E-state index < -0.39 is 21.2 Å². The highest BCUT2D eigenvalue weighted by Crippen LogP contribution is 1.93. The van der Waals surface area contributed by atoms with Gasteiger partial charge in [-0.3, -0.25) is 0 Å². The van der Waals surface area contributed by atoms with Crippen molar-refractivity contribution in [3.8, 4) is 0 Å². The molecule has 0 aliphatic rings. The fourth-order valence-corrected chi connectivity index (χ4v) is 3.19. The number of aryl methyl sites for hydroxylation is 1. The van der Waals surface area contributed by atoms with Crippen LogP contribution in [0.25, 0.3) is 0 Å². The summed E-state index contributed by atoms with van der Waals surface area (Å²) in [5, 5.41) is 0.875. The van der Waals surface area contributed by atoms with Crippen LogP contribution in [0.4, 0.5) is 9.59 Å². The van der Waals surface area contributed by atoms with Crippen molar-refractivity contribution in [2.45, 2.75) is 6.92 Å². The number of primary amides is 2. The first-order valence-electron chi connectivity index (χ1n) is 4.68. The van der Waals surface area contributed by atoms with E-state index in [0.29, 0.717) is 0 Å². The molecule has 1 rings (SSSR count). The van der Waals surface area contributed by atoms with Gasteiger partial charge in [0.2, 0.25) is 0 Å². The Bertz CT molecular complexity index is 394. The summed E-state index contributed by atoms with van der Waals surface area (Å²) < 4.78 is 0. The summed E-state index contributed by atoms with van der Waals surface area (Å²) in [4.78, 5) is 26.7. The smallest absolute Gasteiger partial charge is 0.305 e. The number of urea groups is 2. The quantitative estimate of drug-likeness (QED) is 0.494. The zero-order valence-electron chi connectivity index (χ0n) is 8.86. The van der Waals surface area contributed by atoms with E-state index in [9.17, 15) is 9.59 Å². The molecule has 0 aromatic heterocycles. The Morgan fingerprint density at radius 1 is 1.12 bits per heavy atom. The molecular weight excluding hydrogens is 224 g/mol. The molecule has 0 fully saturated rings. The van der Waals surface area contributed by atoms with Gasteiger partial charge in [0.1, 0.15) is 0 Å². The van der Waals surface area contributed by atoms with Gasteiger partial charge in [-0.15, -0.1) is 0 Å². The van der Waals surface area contributed by atoms with Crippen molar-refractivity contribution in [2.75, 3.05) is 0 Å². The van der Waals surface area contributed by atoms with Gasteiger partial charge in [0, 0.05) is 0 Å². The molecule has 1 aromatic rings. The van der Waals surface area contributed by atoms with E-state index in [1.54, 1.807) is 0 Å². The molecule has 16 heavy (non-hydrogen) atoms. The summed E-state index contributed by atoms with van der Waals surface area (Å²) in [6, 6.07) is 6.08. The van der Waals surface area contributed by atoms with Crippen LogP contribution in [0.5, 0.6) is 0 Å². The van der Waals surface area contributed by atoms with Crippen LogP contribution in [0.15, 0.2) is 24.3 Å². The topological polar surface area (TPSA) is 110 Å². The van der Waals surface area contributed by atoms with Crippen LogP contribution in [0.3, 0.4) is 0 Å². The first kappa shape index (κ1) is 12.0. The summed E-state index contributed by atoms with van der Waals surface area (Å²) >= 11 is 0. The summed E-state index contributed by atoms with van der Waals surface area (Å²) in [6.45, 7) is 1.89. The number of nitrogens with two attached hydrogens (primary N) is 2. The lowest BCUT2D eigenvalue weighted by molar-refractivity contribution is 0.252. The number of hydrogen-bond acceptors (Lipinski definition) is 2. The normalized spacial score (nSPS) is 9.88. The van der Waals surface area contributed by atoms with Gasteiger partial charge in [-0.05, 0) is 17.7 Å². The molecule has 0 radical (unpaired) electrons. The number of carbonyl (C=O) groups is 2. The highest BCUT2D eigenvalue weighted by atomic mass is 28.3. The molecule has 0 spiro atoms. The summed E-state index contributed by atoms with van der Waals surface area (Å²) in [5.41, 5.74) is 11.1. The lowest BCUT2D eigenvalue weighted by Crippen LogP contribution is -2.62. The fourth-order valence-electron chi connectivity index (χ4n) is 1.39. The summed E-state index contributed by atoms with van der Waals surface area (Å²) in [5.74, 6) is 0. The molecule has 0 saturated carbocycles. The Morgan fingerprint density at radius 3 is 2.06 bits per heavy atom. The van der Waals surface area contributed by atoms with Gasteiger partial charge in [0.05, 0.1) is 0 Å². The van der Waals surface area contributed by atoms with E-state index >= 15 is 0 Å². The minimum atomic E-state index is -2.20. The van der Waals surface area contributed by atoms with Crippen molar-refractivity contribution in [1.29, 1.82) is 0 Å². The molecule has 7 heteroatoms. The average molecular weight is 238 g/mol. The number of amides is 4. The van der Waals surface area contributed by atoms with E-state index in [-0.39, 0.29) is 0 Å². The van der Waals surface area contributed by atoms with Crippen molar-refractivity contribution < 1.29 is 9.59 Å². The zero-order valence-corrected chi connectivity index (χ0v) is 10.0. The molecule has 6 N–H and O–H groups in total. The Hall–Kier alpha value is -2.02. The van der Waals surface area contributed by atoms with Crippen molar-refractivity contribution in [3.63, 3.8) is 0 Å². The third kappa shape index (κ3) is 3.28. The molecule has 0 heterocycles. The monoisotopic (exact) mass is 238 g/mol. The van der Waals surface area contributed by atoms with Crippen LogP contribution in [0, 0.1) is 6.92 Å². The van der Waals surface area contributed by atoms with Gasteiger partial charge in [0.25, 0.3) is 9.12 Å². The van der Waals surface area contributed by atoms with Gasteiger partial charge in [-0.2, -0.15) is 0 Å². The van der Waals surface area contributed by atoms with Crippen LogP contribution in [0.2, 0.25) is 0 Å². The van der Waals surface area contributed by atoms with E-state index in [1.165, 1.54) is 0 Å². The van der Waals surface area contributed by atoms with Crippen molar-refractivity contribution >= 4 is 26.4 Å². The van der Waals surface area contributed by atoms with E-state index in [0.717, 1.165) is 10.8 Å². The Balaban J connectivity index is 2.96. The van der Waals surface area contributed by atoms with E-state index in [2.05, 4.69) is 9.96 Å². The van der Waals surface area contributed by atoms with Gasteiger partial charge >= 0.3 is 12.1 Å². The second-order valence-electron chi connectivity index (χ2n) is 3.31. The van der Waals surface area contributed by atoms with Crippen LogP contribution in [0.1, 0.15) is 5.56 Å². The molecule has 4 amide bonds. The number of rotatable bonds is 3. The molecule has 0 aliphatic heterocycles. The number of benzene rings is 1. The van der Waals surface area contributed by atoms with E-state index in [1.807, 2.05) is 31.2 Å². The molecule has 0 saturated heterocycles. The second kappa shape index (κ2) is 5.17. The molecule has 0 bridgehead atoms. The molecule has 0 atom stereocenters. The summed E-state index contributed by atoms with van der Waals surface area (Å²) in [6.07, 6.45) is 0. The third-order valence-electron chi connectivity index (χ3n) is 2.07.